The fourth-order valence-corrected chi connectivity index (χ4v) is 44.2. The molecule has 4 aromatic heterocycles. The molecule has 98 heavy (non-hydrogen) atoms. The summed E-state index contributed by atoms with van der Waals surface area (Å²) >= 11 is 0. The van der Waals surface area contributed by atoms with Crippen molar-refractivity contribution in [2.24, 2.45) is 10.2 Å². The Kier molecular flexibility index (Phi) is 44.8. The molecule has 0 radical (unpaired) electrons. The molecule has 38 nitrogen and oxygen atoms in total. The SMILES string of the molecule is CCCCCCCC.CCCCCCCC.CCCCNP(NCCCC)(OO)(OOO)[P+](=O)[O-].[3H]P(P(P)P)P(P)P.[N-]=[N+]=N[C@]1(CO)O[C@@H](c2ccc3c(N)ncnn23)[C@H](F)[C@@H]1O.[N-]=[N+]=N[C@]1(COP(=O)(O)OP(=O)(O)OP(=O)(O)O)O[C@@H](c2ccc3c(N)ncnn23)[C@H](F)[C@@H]1O. The van der Waals surface area contributed by atoms with Crippen LogP contribution in [-0.2, 0) is 55.3 Å². The number of hydrogen-bond acceptors (Lipinski definition) is 28. The summed E-state index contributed by atoms with van der Waals surface area (Å²) in [5, 5.41) is 69.8. The molecule has 2 saturated heterocycles. The van der Waals surface area contributed by atoms with Crippen LogP contribution in [0.2, 0.25) is 0 Å². The first kappa shape index (κ1) is 92.8. The summed E-state index contributed by atoms with van der Waals surface area (Å²) in [4.78, 5) is 59.8. The van der Waals surface area contributed by atoms with Crippen LogP contribution in [0.4, 0.5) is 20.4 Å². The second-order valence-corrected chi connectivity index (χ2v) is 53.8. The average Bonchev–Trinajstić information content (AvgIpc) is 1.70. The Labute approximate surface area is 580 Å². The second kappa shape index (κ2) is 47.3. The smallest absolute Gasteiger partial charge is 0.393 e. The van der Waals surface area contributed by atoms with Crippen molar-refractivity contribution in [2.75, 3.05) is 37.8 Å². The van der Waals surface area contributed by atoms with Crippen molar-refractivity contribution in [3.8, 4) is 0 Å². The van der Waals surface area contributed by atoms with E-state index >= 15 is 4.39 Å². The van der Waals surface area contributed by atoms with E-state index in [0.717, 1.165) is 23.7 Å². The number of aromatic nitrogens is 6. The zero-order valence-electron chi connectivity index (χ0n) is 55.6. The van der Waals surface area contributed by atoms with Gasteiger partial charge in [0.05, 0.1) is 25.9 Å². The molecule has 0 spiro atoms. The third kappa shape index (κ3) is 30.3. The van der Waals surface area contributed by atoms with Gasteiger partial charge in [-0.25, -0.2) is 41.5 Å². The molecule has 0 aromatic carbocycles. The first-order valence-electron chi connectivity index (χ1n) is 30.6. The number of halogens is 2. The van der Waals surface area contributed by atoms with Crippen molar-refractivity contribution in [1.82, 2.24) is 39.4 Å². The molecule has 0 bridgehead atoms. The number of fused-ring (bicyclic) bond motifs is 2. The van der Waals surface area contributed by atoms with Crippen LogP contribution >= 0.6 is 95.8 Å². The standard InChI is InChI=1S/C11H15FN7O12P3.C11H12FN7O3.C8H22N2O7P2.2C8H18.H9P7/c12-7-8(5-1-2-6-10(13)15-4-16-19(5)6)29-11(9(7)20,17-18-14)3-28-33(24,25)31-34(26,27)30-32(21,22)23;12-7-8(22-11(3-20,9(7)21)17-18-14)5-1-2-6-10(13)15-4-16-19(5)6;1-3-5-7-9-19(16-12,17-15-11,18(13)14)10-8-6-4-2;2*1-3-5-7-8-6-4-2;1-6(2)5-7(3)4/h1-2,4,7-9,20H,3H2,(H,24,25)(H,26,27)(H2,13,15,16)(H2,21,22,23);1-2,4,7-9,20-21H,3H2,(H2,13,15,16);9-12H,3-8H2,1-2H3;2*3-8H2,1-2H3;5H,1-4H2/t2*7-,8-,9-,11+;;;;/m00..../s1/i;;;;;5T. The Morgan fingerprint density at radius 3 is 1.44 bits per heavy atom. The zero-order valence-corrected chi connectivity index (χ0v) is 66.3. The van der Waals surface area contributed by atoms with Gasteiger partial charge in [-0.15, -0.1) is 35.7 Å². The van der Waals surface area contributed by atoms with Gasteiger partial charge in [-0.1, -0.05) is 123 Å². The van der Waals surface area contributed by atoms with Crippen LogP contribution in [0.15, 0.2) is 47.1 Å². The Hall–Kier alpha value is -1.25. The maximum absolute atomic E-state index is 15.0. The third-order valence-corrected chi connectivity index (χ3v) is 39.6. The predicted octanol–water partition coefficient (Wildman–Crippen LogP) is 12.8. The first-order valence-corrected chi connectivity index (χ1v) is 50.0. The number of nitrogens with two attached hydrogens (primary N) is 2. The summed E-state index contributed by atoms with van der Waals surface area (Å²) in [6.07, 6.45) is 10.7. The Morgan fingerprint density at radius 2 is 1.11 bits per heavy atom. The molecule has 4 aromatic rings. The van der Waals surface area contributed by atoms with E-state index in [-0.39, 0.29) is 55.6 Å². The molecule has 564 valence electrons. The van der Waals surface area contributed by atoms with Crippen molar-refractivity contribution >= 4 is 118 Å². The predicted molar refractivity (Wildman–Crippen MR) is 383 cm³/mol. The molecule has 52 heteroatoms. The Balaban J connectivity index is 0.000000654. The van der Waals surface area contributed by atoms with E-state index in [9.17, 15) is 52.7 Å². The van der Waals surface area contributed by atoms with Crippen molar-refractivity contribution in [3.63, 3.8) is 0 Å². The van der Waals surface area contributed by atoms with Crippen LogP contribution in [0.25, 0.3) is 31.9 Å². The molecule has 0 aliphatic carbocycles. The zero-order chi connectivity index (χ0) is 75.5. The minimum atomic E-state index is -5.86. The largest absolute Gasteiger partial charge is 0.490 e. The van der Waals surface area contributed by atoms with E-state index in [2.05, 4.69) is 141 Å². The van der Waals surface area contributed by atoms with Crippen molar-refractivity contribution in [2.45, 2.75) is 192 Å². The molecular weight excluding hydrogens is 1540 g/mol. The number of azide groups is 2. The molecule has 0 amide bonds. The van der Waals surface area contributed by atoms with Crippen LogP contribution in [-0.4, -0.2) is 138 Å². The molecule has 6 rings (SSSR count). The number of aliphatic hydroxyl groups excluding tert-OH is 3. The van der Waals surface area contributed by atoms with Gasteiger partial charge in [0.1, 0.15) is 48.1 Å². The molecule has 15 N–H and O–H groups in total. The van der Waals surface area contributed by atoms with Gasteiger partial charge in [-0.05, 0) is 49.3 Å². The summed E-state index contributed by atoms with van der Waals surface area (Å²) in [7, 11) is -15.2. The molecule has 7 unspecified atom stereocenters. The van der Waals surface area contributed by atoms with E-state index in [1.807, 2.05) is 13.8 Å². The number of rotatable bonds is 36. The molecular formula is C46H94F2N16O22P12. The second-order valence-electron chi connectivity index (χ2n) is 20.9. The van der Waals surface area contributed by atoms with Crippen LogP contribution in [0.1, 0.15) is 168 Å². The van der Waals surface area contributed by atoms with Crippen LogP contribution in [0.3, 0.4) is 0 Å². The van der Waals surface area contributed by atoms with E-state index in [0.29, 0.717) is 18.4 Å². The number of ether oxygens (including phenoxy) is 2. The molecule has 2 aliphatic heterocycles. The maximum atomic E-state index is 15.0. The number of nitrogen functional groups attached to an aromatic ring is 2. The number of anilines is 2. The summed E-state index contributed by atoms with van der Waals surface area (Å²) < 4.78 is 116. The topological polar surface area (TPSA) is 581 Å². The van der Waals surface area contributed by atoms with Gasteiger partial charge in [-0.2, -0.15) is 18.8 Å². The number of phosphoric acid groups is 3. The van der Waals surface area contributed by atoms with E-state index in [1.54, 1.807) is 6.07 Å². The van der Waals surface area contributed by atoms with Crippen LogP contribution in [0, 0.1) is 0 Å². The average molecular weight is 1640 g/mol. The Morgan fingerprint density at radius 1 is 0.724 bits per heavy atom. The minimum Gasteiger partial charge on any atom is -0.393 e. The summed E-state index contributed by atoms with van der Waals surface area (Å²) in [6.45, 7) is 10.6. The number of nitrogens with zero attached hydrogens (tertiary/aromatic N) is 12. The van der Waals surface area contributed by atoms with E-state index in [4.69, 9.17) is 53.6 Å². The number of nitrogens with one attached hydrogen (secondary N) is 2. The summed E-state index contributed by atoms with van der Waals surface area (Å²) in [5.41, 5.74) is 24.9. The summed E-state index contributed by atoms with van der Waals surface area (Å²) in [5.74, 6) is 0.211. The van der Waals surface area contributed by atoms with Gasteiger partial charge in [0.15, 0.2) is 35.4 Å². The third-order valence-electron chi connectivity index (χ3n) is 13.5. The van der Waals surface area contributed by atoms with Gasteiger partial charge in [0, 0.05) is 9.82 Å². The monoisotopic (exact) mass is 1630 g/mol. The number of unbranched alkanes of at least 4 members (excludes halogenated alkanes) is 12. The van der Waals surface area contributed by atoms with Gasteiger partial charge in [-0.3, -0.25) is 4.52 Å². The van der Waals surface area contributed by atoms with Gasteiger partial charge in [0.25, 0.3) is 0 Å². The molecule has 2 fully saturated rings. The fourth-order valence-electron chi connectivity index (χ4n) is 8.61. The van der Waals surface area contributed by atoms with Crippen molar-refractivity contribution < 1.29 is 114 Å². The van der Waals surface area contributed by atoms with Crippen molar-refractivity contribution in [1.29, 1.82) is 1.28 Å². The molecule has 15 atom stereocenters. The molecule has 0 saturated carbocycles. The normalized spacial score (nSPS) is 22.5. The quantitative estimate of drug-likeness (QED) is 0.00382. The maximum Gasteiger partial charge on any atom is 0.490 e. The fraction of sp³-hybridized carbons (Fsp3) is 0.739. The number of alkyl halides is 2. The first-order chi connectivity index (χ1) is 46.5. The Bertz CT molecular complexity index is 3250. The van der Waals surface area contributed by atoms with Gasteiger partial charge >= 0.3 is 135 Å². The van der Waals surface area contributed by atoms with Gasteiger partial charge in [0.2, 0.25) is 0 Å². The molecule has 2 aliphatic rings. The van der Waals surface area contributed by atoms with Crippen molar-refractivity contribution in [3.05, 3.63) is 69.2 Å². The number of aliphatic hydroxyl groups is 3. The molecule has 6 heterocycles. The van der Waals surface area contributed by atoms with E-state index in [1.165, 1.54) is 106 Å². The van der Waals surface area contributed by atoms with Gasteiger partial charge < -0.3 is 55.8 Å². The minimum absolute atomic E-state index is 0.0178. The van der Waals surface area contributed by atoms with E-state index < -0.39 is 108 Å². The van der Waals surface area contributed by atoms with Crippen LogP contribution < -0.4 is 26.5 Å². The van der Waals surface area contributed by atoms with Crippen LogP contribution in [0.5, 0.6) is 0 Å². The summed E-state index contributed by atoms with van der Waals surface area (Å²) in [6, 6.07) is 5.78. The number of phosphoric ester groups is 1. The number of hydrogen-bond donors (Lipinski definition) is 13.